The van der Waals surface area contributed by atoms with Crippen molar-refractivity contribution in [1.82, 2.24) is 0 Å². The largest absolute Gasteiger partial charge is 0.472 e. The Morgan fingerprint density at radius 2 is 0.515 bits per heavy atom. The van der Waals surface area contributed by atoms with Crippen LogP contribution in [0.4, 0.5) is 0 Å². The lowest BCUT2D eigenvalue weighted by molar-refractivity contribution is -0.161. The SMILES string of the molecule is CCCCCCCCCCCCCCCCCCCCCCCC(=O)O[C@H](COC(=O)CCCCCCCCCCCCCC(C)C)COP(=O)(O)OC[C@@H](O)COP(=O)(O)OC[C@@H](COC(=O)CCCCCCCCCC(C)C)OC(=O)CCCCCCCCCCCCC(C)CC. The van der Waals surface area contributed by atoms with Gasteiger partial charge in [-0.25, -0.2) is 9.13 Å². The van der Waals surface area contributed by atoms with E-state index in [-0.39, 0.29) is 25.7 Å². The number of hydrogen-bond acceptors (Lipinski definition) is 15. The lowest BCUT2D eigenvalue weighted by Gasteiger charge is -2.21. The summed E-state index contributed by atoms with van der Waals surface area (Å²) < 4.78 is 68.7. The molecule has 19 heteroatoms. The summed E-state index contributed by atoms with van der Waals surface area (Å²) in [5.74, 6) is 0.164. The number of hydrogen-bond donors (Lipinski definition) is 3. The summed E-state index contributed by atoms with van der Waals surface area (Å²) in [6.45, 7) is 11.9. The zero-order valence-electron chi connectivity index (χ0n) is 65.0. The first-order valence-corrected chi connectivity index (χ1v) is 44.4. The van der Waals surface area contributed by atoms with Crippen molar-refractivity contribution in [2.45, 2.75) is 433 Å². The molecule has 0 aromatic rings. The molecule has 6 atom stereocenters. The van der Waals surface area contributed by atoms with Crippen molar-refractivity contribution in [3.63, 3.8) is 0 Å². The minimum Gasteiger partial charge on any atom is -0.462 e. The van der Waals surface area contributed by atoms with Gasteiger partial charge < -0.3 is 33.8 Å². The first kappa shape index (κ1) is 97.1. The van der Waals surface area contributed by atoms with Crippen LogP contribution in [0.1, 0.15) is 414 Å². The first-order chi connectivity index (χ1) is 47.8. The van der Waals surface area contributed by atoms with Crippen LogP contribution in [0.15, 0.2) is 0 Å². The minimum absolute atomic E-state index is 0.105. The van der Waals surface area contributed by atoms with Gasteiger partial charge in [0.05, 0.1) is 26.4 Å². The highest BCUT2D eigenvalue weighted by molar-refractivity contribution is 7.47. The summed E-state index contributed by atoms with van der Waals surface area (Å²) in [4.78, 5) is 73.0. The Kier molecular flexibility index (Phi) is 69.0. The number of carbonyl (C=O) groups excluding carboxylic acids is 4. The van der Waals surface area contributed by atoms with Crippen molar-refractivity contribution >= 4 is 39.5 Å². The molecule has 0 aromatic heterocycles. The third-order valence-corrected chi connectivity index (χ3v) is 20.9. The van der Waals surface area contributed by atoms with Crippen LogP contribution in [0, 0.1) is 17.8 Å². The first-order valence-electron chi connectivity index (χ1n) is 41.4. The van der Waals surface area contributed by atoms with E-state index < -0.39 is 97.5 Å². The molecule has 0 aliphatic heterocycles. The molecule has 0 heterocycles. The Bertz CT molecular complexity index is 1920. The standard InChI is InChI=1S/C80H156O17P2/c1-8-10-11-12-13-14-15-16-17-18-19-20-21-22-23-24-27-34-41-49-56-63-79(84)96-75(67-90-77(82)61-54-47-40-33-28-25-26-31-37-44-51-58-71(3)4)69-94-98(86,87)92-65-74(81)66-93-99(88,89)95-70-76(68-91-78(83)62-55-48-43-36-38-45-52-59-72(5)6)97-80(85)64-57-50-42-35-30-29-32-39-46-53-60-73(7)9-2/h71-76,81H,8-70H2,1-7H3,(H,86,87)(H,88,89)/t73?,74-,75-,76-/m1/s1. The van der Waals surface area contributed by atoms with Gasteiger partial charge in [0.25, 0.3) is 0 Å². The van der Waals surface area contributed by atoms with Crippen molar-refractivity contribution in [3.8, 4) is 0 Å². The zero-order valence-corrected chi connectivity index (χ0v) is 66.8. The van der Waals surface area contributed by atoms with Crippen LogP contribution in [-0.2, 0) is 65.4 Å². The highest BCUT2D eigenvalue weighted by Crippen LogP contribution is 2.45. The molecule has 0 bridgehead atoms. The maximum absolute atomic E-state index is 13.1. The number of phosphoric ester groups is 2. The number of ether oxygens (including phenoxy) is 4. The second-order valence-electron chi connectivity index (χ2n) is 30.0. The number of rotatable bonds is 78. The Balaban J connectivity index is 5.22. The van der Waals surface area contributed by atoms with Crippen LogP contribution >= 0.6 is 15.6 Å². The van der Waals surface area contributed by atoms with E-state index in [0.717, 1.165) is 108 Å². The van der Waals surface area contributed by atoms with Crippen molar-refractivity contribution in [2.75, 3.05) is 39.6 Å². The molecule has 0 aromatic carbocycles. The molecule has 588 valence electrons. The van der Waals surface area contributed by atoms with Gasteiger partial charge in [0.1, 0.15) is 19.3 Å². The maximum atomic E-state index is 13.1. The van der Waals surface area contributed by atoms with Crippen LogP contribution in [0.2, 0.25) is 0 Å². The summed E-state index contributed by atoms with van der Waals surface area (Å²) in [6, 6.07) is 0. The van der Waals surface area contributed by atoms with Gasteiger partial charge in [-0.3, -0.25) is 37.3 Å². The average molecular weight is 1450 g/mol. The molecule has 0 saturated heterocycles. The van der Waals surface area contributed by atoms with Crippen molar-refractivity contribution in [2.24, 2.45) is 17.8 Å². The van der Waals surface area contributed by atoms with Crippen molar-refractivity contribution in [3.05, 3.63) is 0 Å². The third kappa shape index (κ3) is 72.8. The van der Waals surface area contributed by atoms with Crippen LogP contribution in [-0.4, -0.2) is 96.7 Å². The second-order valence-corrected chi connectivity index (χ2v) is 32.9. The highest BCUT2D eigenvalue weighted by Gasteiger charge is 2.30. The predicted molar refractivity (Wildman–Crippen MR) is 405 cm³/mol. The monoisotopic (exact) mass is 1450 g/mol. The lowest BCUT2D eigenvalue weighted by atomic mass is 9.99. The molecule has 0 aliphatic carbocycles. The molecule has 0 amide bonds. The fourth-order valence-corrected chi connectivity index (χ4v) is 13.9. The Labute approximate surface area is 607 Å². The van der Waals surface area contributed by atoms with Crippen LogP contribution in [0.5, 0.6) is 0 Å². The molecule has 0 saturated carbocycles. The third-order valence-electron chi connectivity index (χ3n) is 19.0. The second kappa shape index (κ2) is 70.4. The predicted octanol–water partition coefficient (Wildman–Crippen LogP) is 23.7. The van der Waals surface area contributed by atoms with Gasteiger partial charge in [-0.05, 0) is 43.4 Å². The summed E-state index contributed by atoms with van der Waals surface area (Å²) in [7, 11) is -9.92. The maximum Gasteiger partial charge on any atom is 0.472 e. The van der Waals surface area contributed by atoms with Gasteiger partial charge in [0, 0.05) is 25.7 Å². The summed E-state index contributed by atoms with van der Waals surface area (Å²) in [6.07, 6.45) is 58.4. The Morgan fingerprint density at radius 3 is 0.768 bits per heavy atom. The fourth-order valence-electron chi connectivity index (χ4n) is 12.3. The summed E-state index contributed by atoms with van der Waals surface area (Å²) in [5, 5.41) is 10.6. The molecular weight excluding hydrogens is 1290 g/mol. The van der Waals surface area contributed by atoms with E-state index in [2.05, 4.69) is 48.5 Å². The van der Waals surface area contributed by atoms with Gasteiger partial charge in [-0.15, -0.1) is 0 Å². The van der Waals surface area contributed by atoms with Gasteiger partial charge in [-0.2, -0.15) is 0 Å². The number of esters is 4. The quantitative estimate of drug-likeness (QED) is 0.0222. The Morgan fingerprint density at radius 1 is 0.293 bits per heavy atom. The van der Waals surface area contributed by atoms with Gasteiger partial charge in [0.2, 0.25) is 0 Å². The van der Waals surface area contributed by atoms with Crippen LogP contribution in [0.3, 0.4) is 0 Å². The van der Waals surface area contributed by atoms with E-state index in [1.807, 2.05) is 0 Å². The number of carbonyl (C=O) groups is 4. The molecule has 0 fully saturated rings. The molecule has 0 aliphatic rings. The van der Waals surface area contributed by atoms with E-state index in [0.29, 0.717) is 31.6 Å². The normalized spacial score (nSPS) is 14.3. The van der Waals surface area contributed by atoms with E-state index in [4.69, 9.17) is 37.0 Å². The smallest absolute Gasteiger partial charge is 0.462 e. The molecule has 3 N–H and O–H groups in total. The molecule has 17 nitrogen and oxygen atoms in total. The summed E-state index contributed by atoms with van der Waals surface area (Å²) >= 11 is 0. The van der Waals surface area contributed by atoms with E-state index in [9.17, 15) is 43.2 Å². The molecule has 0 radical (unpaired) electrons. The van der Waals surface area contributed by atoms with Gasteiger partial charge >= 0.3 is 39.5 Å². The molecule has 0 rings (SSSR count). The molecule has 99 heavy (non-hydrogen) atoms. The highest BCUT2D eigenvalue weighted by atomic mass is 31.2. The van der Waals surface area contributed by atoms with Crippen LogP contribution in [0.25, 0.3) is 0 Å². The Hall–Kier alpha value is -1.94. The van der Waals surface area contributed by atoms with E-state index >= 15 is 0 Å². The van der Waals surface area contributed by atoms with Gasteiger partial charge in [-0.1, -0.05) is 363 Å². The molecular formula is C80H156O17P2. The number of phosphoric acid groups is 2. The van der Waals surface area contributed by atoms with E-state index in [1.54, 1.807) is 0 Å². The lowest BCUT2D eigenvalue weighted by Crippen LogP contribution is -2.30. The topological polar surface area (TPSA) is 237 Å². The molecule has 0 spiro atoms. The molecule has 3 unspecified atom stereocenters. The van der Waals surface area contributed by atoms with Crippen molar-refractivity contribution < 1.29 is 80.2 Å². The number of aliphatic hydroxyl groups is 1. The number of unbranched alkanes of at least 4 members (excludes halogenated alkanes) is 45. The van der Waals surface area contributed by atoms with E-state index in [1.165, 1.54) is 218 Å². The fraction of sp³-hybridized carbons (Fsp3) is 0.950. The average Bonchev–Trinajstić information content (AvgIpc) is 1.38. The van der Waals surface area contributed by atoms with Crippen LogP contribution < -0.4 is 0 Å². The zero-order chi connectivity index (χ0) is 73.0. The minimum atomic E-state index is -4.96. The van der Waals surface area contributed by atoms with Gasteiger partial charge in [0.15, 0.2) is 12.2 Å². The van der Waals surface area contributed by atoms with Crippen molar-refractivity contribution in [1.29, 1.82) is 0 Å². The number of aliphatic hydroxyl groups excluding tert-OH is 1. The summed E-state index contributed by atoms with van der Waals surface area (Å²) in [5.41, 5.74) is 0.